The third kappa shape index (κ3) is 5.76. The Balaban J connectivity index is 2.75. The summed E-state index contributed by atoms with van der Waals surface area (Å²) >= 11 is 0. The lowest BCUT2D eigenvalue weighted by molar-refractivity contribution is -0.173. The van der Waals surface area contributed by atoms with Crippen LogP contribution in [0.1, 0.15) is 15.9 Å². The fraction of sp³-hybridized carbons (Fsp3) is 0.250. The molecule has 0 aliphatic carbocycles. The van der Waals surface area contributed by atoms with Gasteiger partial charge >= 0.3 is 12.4 Å². The fourth-order valence-electron chi connectivity index (χ4n) is 1.22. The van der Waals surface area contributed by atoms with Crippen molar-refractivity contribution in [3.05, 3.63) is 47.4 Å². The topological polar surface area (TPSA) is 46.5 Å². The van der Waals surface area contributed by atoms with E-state index in [4.69, 9.17) is 5.11 Å². The van der Waals surface area contributed by atoms with Gasteiger partial charge in [-0.05, 0) is 12.1 Å². The molecular formula is C12H8F6O3. The zero-order valence-electron chi connectivity index (χ0n) is 10.1. The molecule has 0 fully saturated rings. The second-order valence-corrected chi connectivity index (χ2v) is 3.83. The SMILES string of the molecule is O=C(/C=C(\O)OCC(F)(F)F)c1ccc(C(F)(F)F)cc1. The molecule has 3 nitrogen and oxygen atoms in total. The van der Waals surface area contributed by atoms with Gasteiger partial charge in [-0.25, -0.2) is 0 Å². The number of benzene rings is 1. The molecule has 1 rings (SSSR count). The van der Waals surface area contributed by atoms with Gasteiger partial charge < -0.3 is 9.84 Å². The van der Waals surface area contributed by atoms with Crippen LogP contribution in [-0.2, 0) is 10.9 Å². The maximum atomic E-state index is 12.3. The number of hydrogen-bond donors (Lipinski definition) is 1. The number of halogens is 6. The molecule has 0 aromatic heterocycles. The first-order valence-corrected chi connectivity index (χ1v) is 5.31. The molecule has 0 spiro atoms. The molecule has 0 amide bonds. The number of aliphatic hydroxyl groups is 1. The van der Waals surface area contributed by atoms with E-state index >= 15 is 0 Å². The fourth-order valence-corrected chi connectivity index (χ4v) is 1.22. The van der Waals surface area contributed by atoms with Gasteiger partial charge in [-0.15, -0.1) is 0 Å². The lowest BCUT2D eigenvalue weighted by atomic mass is 10.1. The summed E-state index contributed by atoms with van der Waals surface area (Å²) in [5.41, 5.74) is -1.23. The van der Waals surface area contributed by atoms with E-state index in [1.165, 1.54) is 0 Å². The van der Waals surface area contributed by atoms with Gasteiger partial charge in [0.05, 0.1) is 11.6 Å². The van der Waals surface area contributed by atoms with Crippen LogP contribution in [-0.4, -0.2) is 23.7 Å². The zero-order chi connectivity index (χ0) is 16.3. The molecule has 0 radical (unpaired) electrons. The maximum absolute atomic E-state index is 12.3. The van der Waals surface area contributed by atoms with Crippen LogP contribution >= 0.6 is 0 Å². The molecule has 0 heterocycles. The van der Waals surface area contributed by atoms with Gasteiger partial charge in [0.25, 0.3) is 5.95 Å². The number of carbonyl (C=O) groups excluding carboxylic acids is 1. The van der Waals surface area contributed by atoms with Crippen molar-refractivity contribution in [2.45, 2.75) is 12.4 Å². The van der Waals surface area contributed by atoms with E-state index in [1.54, 1.807) is 0 Å². The highest BCUT2D eigenvalue weighted by molar-refractivity contribution is 6.04. The lowest BCUT2D eigenvalue weighted by Crippen LogP contribution is -2.17. The molecule has 1 N–H and O–H groups in total. The first kappa shape index (κ1) is 16.9. The molecule has 0 aliphatic rings. The molecule has 0 aliphatic heterocycles. The second-order valence-electron chi connectivity index (χ2n) is 3.83. The summed E-state index contributed by atoms with van der Waals surface area (Å²) in [7, 11) is 0. The molecular weight excluding hydrogens is 306 g/mol. The highest BCUT2D eigenvalue weighted by Crippen LogP contribution is 2.29. The van der Waals surface area contributed by atoms with Gasteiger partial charge in [0.15, 0.2) is 12.4 Å². The van der Waals surface area contributed by atoms with Crippen molar-refractivity contribution in [1.82, 2.24) is 0 Å². The van der Waals surface area contributed by atoms with Crippen molar-refractivity contribution in [3.63, 3.8) is 0 Å². The van der Waals surface area contributed by atoms with Crippen molar-refractivity contribution in [2.24, 2.45) is 0 Å². The Kier molecular flexibility index (Phi) is 4.87. The minimum atomic E-state index is -4.70. The summed E-state index contributed by atoms with van der Waals surface area (Å²) in [5, 5.41) is 8.97. The quantitative estimate of drug-likeness (QED) is 0.397. The number of hydrogen-bond acceptors (Lipinski definition) is 3. The van der Waals surface area contributed by atoms with Gasteiger partial charge in [-0.3, -0.25) is 4.79 Å². The Morgan fingerprint density at radius 2 is 1.62 bits per heavy atom. The van der Waals surface area contributed by atoms with E-state index in [2.05, 4.69) is 4.74 Å². The number of carbonyl (C=O) groups is 1. The third-order valence-electron chi connectivity index (χ3n) is 2.14. The highest BCUT2D eigenvalue weighted by Gasteiger charge is 2.30. The number of ketones is 1. The Bertz CT molecular complexity index is 527. The number of rotatable bonds is 4. The molecule has 0 saturated heterocycles. The first-order chi connectivity index (χ1) is 9.49. The number of alkyl halides is 6. The van der Waals surface area contributed by atoms with E-state index in [-0.39, 0.29) is 5.56 Å². The summed E-state index contributed by atoms with van der Waals surface area (Å²) in [5.74, 6) is -2.28. The van der Waals surface area contributed by atoms with Crippen LogP contribution < -0.4 is 0 Å². The van der Waals surface area contributed by atoms with Crippen LogP contribution in [0.4, 0.5) is 26.3 Å². The van der Waals surface area contributed by atoms with Crippen molar-refractivity contribution < 1.29 is 41.0 Å². The van der Waals surface area contributed by atoms with Crippen molar-refractivity contribution in [3.8, 4) is 0 Å². The summed E-state index contributed by atoms with van der Waals surface area (Å²) in [4.78, 5) is 11.5. The van der Waals surface area contributed by atoms with Crippen LogP contribution in [0, 0.1) is 0 Å². The molecule has 116 valence electrons. The van der Waals surface area contributed by atoms with Crippen LogP contribution in [0.15, 0.2) is 36.3 Å². The maximum Gasteiger partial charge on any atom is 0.422 e. The molecule has 0 bridgehead atoms. The Morgan fingerprint density at radius 3 is 2.05 bits per heavy atom. The predicted molar refractivity (Wildman–Crippen MR) is 58.5 cm³/mol. The number of allylic oxidation sites excluding steroid dienone is 1. The van der Waals surface area contributed by atoms with Crippen LogP contribution in [0.5, 0.6) is 0 Å². The lowest BCUT2D eigenvalue weighted by Gasteiger charge is -2.08. The predicted octanol–water partition coefficient (Wildman–Crippen LogP) is 3.87. The summed E-state index contributed by atoms with van der Waals surface area (Å²) in [6.07, 6.45) is -8.93. The molecule has 1 aromatic rings. The van der Waals surface area contributed by atoms with Crippen LogP contribution in [0.3, 0.4) is 0 Å². The monoisotopic (exact) mass is 314 g/mol. The number of aliphatic hydroxyl groups excluding tert-OH is 1. The largest absolute Gasteiger partial charge is 0.481 e. The van der Waals surface area contributed by atoms with Gasteiger partial charge in [0.2, 0.25) is 0 Å². The minimum absolute atomic E-state index is 0.245. The summed E-state index contributed by atoms with van der Waals surface area (Å²) < 4.78 is 76.0. The van der Waals surface area contributed by atoms with Gasteiger partial charge in [-0.1, -0.05) is 12.1 Å². The molecule has 9 heteroatoms. The summed E-state index contributed by atoms with van der Waals surface area (Å²) in [6, 6.07) is 2.93. The van der Waals surface area contributed by atoms with E-state index in [0.717, 1.165) is 12.1 Å². The third-order valence-corrected chi connectivity index (χ3v) is 2.14. The van der Waals surface area contributed by atoms with Crippen molar-refractivity contribution >= 4 is 5.78 Å². The Labute approximate surface area is 114 Å². The smallest absolute Gasteiger partial charge is 0.422 e. The van der Waals surface area contributed by atoms with Crippen LogP contribution in [0.2, 0.25) is 0 Å². The first-order valence-electron chi connectivity index (χ1n) is 5.31. The molecule has 21 heavy (non-hydrogen) atoms. The van der Waals surface area contributed by atoms with Gasteiger partial charge in [0, 0.05) is 5.56 Å². The second kappa shape index (κ2) is 6.06. The average Bonchev–Trinajstić information content (AvgIpc) is 2.34. The van der Waals surface area contributed by atoms with Crippen LogP contribution in [0.25, 0.3) is 0 Å². The molecule has 0 saturated carbocycles. The van der Waals surface area contributed by atoms with Gasteiger partial charge in [-0.2, -0.15) is 26.3 Å². The van der Waals surface area contributed by atoms with E-state index in [1.807, 2.05) is 0 Å². The van der Waals surface area contributed by atoms with Crippen molar-refractivity contribution in [2.75, 3.05) is 6.61 Å². The summed E-state index contributed by atoms with van der Waals surface area (Å²) in [6.45, 7) is -1.80. The normalized spacial score (nSPS) is 13.1. The highest BCUT2D eigenvalue weighted by atomic mass is 19.4. The molecule has 1 aromatic carbocycles. The standard InChI is InChI=1S/C12H8F6O3/c13-11(14,15)6-21-10(20)5-9(19)7-1-3-8(4-2-7)12(16,17)18/h1-5,20H,6H2/b10-5+. The zero-order valence-corrected chi connectivity index (χ0v) is 10.1. The Hall–Kier alpha value is -2.19. The Morgan fingerprint density at radius 1 is 1.10 bits per heavy atom. The van der Waals surface area contributed by atoms with Gasteiger partial charge in [0.1, 0.15) is 0 Å². The van der Waals surface area contributed by atoms with Crippen molar-refractivity contribution in [1.29, 1.82) is 0 Å². The average molecular weight is 314 g/mol. The number of ether oxygens (including phenoxy) is 1. The molecule has 0 atom stereocenters. The minimum Gasteiger partial charge on any atom is -0.481 e. The molecule has 0 unspecified atom stereocenters. The van der Waals surface area contributed by atoms with E-state index < -0.39 is 36.3 Å². The van der Waals surface area contributed by atoms with E-state index in [0.29, 0.717) is 18.2 Å². The van der Waals surface area contributed by atoms with E-state index in [9.17, 15) is 31.1 Å².